The molecule has 196 valence electrons. The fourth-order valence-corrected chi connectivity index (χ4v) is 5.12. The molecule has 1 unspecified atom stereocenters. The predicted octanol–water partition coefficient (Wildman–Crippen LogP) is 4.16. The summed E-state index contributed by atoms with van der Waals surface area (Å²) < 4.78 is 31.6. The van der Waals surface area contributed by atoms with Crippen molar-refractivity contribution in [3.05, 3.63) is 53.2 Å². The van der Waals surface area contributed by atoms with Gasteiger partial charge in [-0.3, -0.25) is 9.69 Å². The van der Waals surface area contributed by atoms with Crippen molar-refractivity contribution in [3.8, 4) is 5.75 Å². The third kappa shape index (κ3) is 7.17. The largest absolute Gasteiger partial charge is 0.491 e. The number of likely N-dealkylation sites (tertiary alicyclic amines) is 1. The van der Waals surface area contributed by atoms with Crippen LogP contribution in [0.1, 0.15) is 48.4 Å². The van der Waals surface area contributed by atoms with Crippen LogP contribution in [0.2, 0.25) is 0 Å². The first-order chi connectivity index (χ1) is 17.5. The lowest BCUT2D eigenvalue weighted by Gasteiger charge is -2.25. The monoisotopic (exact) mass is 499 g/mol. The molecule has 2 aromatic rings. The normalized spacial score (nSPS) is 20.4. The van der Waals surface area contributed by atoms with Gasteiger partial charge in [0, 0.05) is 44.9 Å². The molecule has 1 aromatic carbocycles. The van der Waals surface area contributed by atoms with E-state index >= 15 is 4.39 Å². The van der Waals surface area contributed by atoms with E-state index < -0.39 is 5.67 Å². The van der Waals surface area contributed by atoms with Crippen LogP contribution in [0.4, 0.5) is 10.2 Å². The molecule has 0 spiro atoms. The van der Waals surface area contributed by atoms with Gasteiger partial charge in [-0.15, -0.1) is 0 Å². The van der Waals surface area contributed by atoms with Gasteiger partial charge in [0.15, 0.2) is 0 Å². The Hall–Kier alpha value is -2.71. The molecule has 0 saturated carbocycles. The Kier molecular flexibility index (Phi) is 9.15. The number of pyridine rings is 1. The number of hydrogen-bond donors (Lipinski definition) is 1. The highest BCUT2D eigenvalue weighted by atomic mass is 19.1. The summed E-state index contributed by atoms with van der Waals surface area (Å²) in [6, 6.07) is 11.9. The van der Waals surface area contributed by atoms with Crippen molar-refractivity contribution >= 4 is 11.8 Å². The minimum absolute atomic E-state index is 0.112. The third-order valence-electron chi connectivity index (χ3n) is 7.17. The Bertz CT molecular complexity index is 1020. The molecule has 36 heavy (non-hydrogen) atoms. The summed E-state index contributed by atoms with van der Waals surface area (Å²) in [5, 5.41) is 3.36. The van der Waals surface area contributed by atoms with E-state index in [0.29, 0.717) is 52.1 Å². The Labute approximate surface area is 213 Å². The summed E-state index contributed by atoms with van der Waals surface area (Å²) in [6.07, 6.45) is 3.96. The van der Waals surface area contributed by atoms with Crippen LogP contribution < -0.4 is 10.1 Å². The van der Waals surface area contributed by atoms with Crippen LogP contribution in [0.3, 0.4) is 0 Å². The second kappa shape index (κ2) is 12.5. The SMILES string of the molecule is COCCOc1cccc(C(CC(=O)OC)CN2CC[C@@](F)(CCc3ccc4c(n3)NCCC4)C2)c1. The summed E-state index contributed by atoms with van der Waals surface area (Å²) in [4.78, 5) is 19.0. The molecule has 8 heteroatoms. The first-order valence-corrected chi connectivity index (χ1v) is 12.9. The number of nitrogens with one attached hydrogen (secondary N) is 1. The summed E-state index contributed by atoms with van der Waals surface area (Å²) in [5.41, 5.74) is 1.91. The van der Waals surface area contributed by atoms with Crippen LogP contribution >= 0.6 is 0 Å². The first-order valence-electron chi connectivity index (χ1n) is 12.9. The highest BCUT2D eigenvalue weighted by molar-refractivity contribution is 5.70. The Morgan fingerprint density at radius 3 is 2.97 bits per heavy atom. The van der Waals surface area contributed by atoms with Gasteiger partial charge in [-0.25, -0.2) is 9.37 Å². The number of ether oxygens (including phenoxy) is 3. The number of esters is 1. The van der Waals surface area contributed by atoms with Crippen molar-refractivity contribution in [1.29, 1.82) is 0 Å². The second-order valence-corrected chi connectivity index (χ2v) is 9.87. The van der Waals surface area contributed by atoms with Crippen LogP contribution in [-0.4, -0.2) is 75.1 Å². The minimum Gasteiger partial charge on any atom is -0.491 e. The van der Waals surface area contributed by atoms with Crippen molar-refractivity contribution in [2.24, 2.45) is 0 Å². The number of rotatable bonds is 12. The summed E-state index contributed by atoms with van der Waals surface area (Å²) in [7, 11) is 3.03. The van der Waals surface area contributed by atoms with Crippen LogP contribution in [0.5, 0.6) is 5.75 Å². The zero-order chi connectivity index (χ0) is 25.4. The van der Waals surface area contributed by atoms with E-state index in [-0.39, 0.29) is 18.3 Å². The number of nitrogens with zero attached hydrogens (tertiary/aromatic N) is 2. The molecule has 1 N–H and O–H groups in total. The van der Waals surface area contributed by atoms with Gasteiger partial charge in [0.1, 0.15) is 23.8 Å². The number of alkyl halides is 1. The number of hydrogen-bond acceptors (Lipinski definition) is 7. The molecule has 7 nitrogen and oxygen atoms in total. The van der Waals surface area contributed by atoms with Crippen LogP contribution in [0.15, 0.2) is 36.4 Å². The maximum Gasteiger partial charge on any atom is 0.306 e. The van der Waals surface area contributed by atoms with Crippen molar-refractivity contribution in [3.63, 3.8) is 0 Å². The Morgan fingerprint density at radius 1 is 1.25 bits per heavy atom. The van der Waals surface area contributed by atoms with E-state index in [1.165, 1.54) is 12.7 Å². The molecule has 1 saturated heterocycles. The average molecular weight is 500 g/mol. The molecule has 2 atom stereocenters. The fourth-order valence-electron chi connectivity index (χ4n) is 5.12. The number of carbonyl (C=O) groups is 1. The van der Waals surface area contributed by atoms with E-state index in [1.54, 1.807) is 7.11 Å². The van der Waals surface area contributed by atoms with Gasteiger partial charge in [0.25, 0.3) is 0 Å². The summed E-state index contributed by atoms with van der Waals surface area (Å²) >= 11 is 0. The van der Waals surface area contributed by atoms with Gasteiger partial charge in [0.05, 0.1) is 20.1 Å². The van der Waals surface area contributed by atoms with E-state index in [2.05, 4.69) is 16.3 Å². The molecule has 2 aliphatic rings. The number of fused-ring (bicyclic) bond motifs is 1. The third-order valence-corrected chi connectivity index (χ3v) is 7.17. The lowest BCUT2D eigenvalue weighted by molar-refractivity contribution is -0.141. The molecule has 0 radical (unpaired) electrons. The molecule has 0 amide bonds. The standard InChI is InChI=1S/C28H38FN3O4/c1-34-15-16-36-25-7-3-5-22(17-25)23(18-26(33)35-2)19-32-14-12-28(29,20-32)11-10-24-9-8-21-6-4-13-30-27(21)31-24/h3,5,7-9,17,23H,4,6,10-16,18-20H2,1-2H3,(H,30,31)/t23?,28-/m0/s1. The Balaban J connectivity index is 1.37. The molecular formula is C28H38FN3O4. The van der Waals surface area contributed by atoms with Gasteiger partial charge >= 0.3 is 5.97 Å². The quantitative estimate of drug-likeness (QED) is 0.347. The van der Waals surface area contributed by atoms with Crippen LogP contribution in [0.25, 0.3) is 0 Å². The maximum absolute atomic E-state index is 15.8. The number of methoxy groups -OCH3 is 2. The maximum atomic E-state index is 15.8. The van der Waals surface area contributed by atoms with E-state index in [9.17, 15) is 4.79 Å². The molecule has 1 aromatic heterocycles. The highest BCUT2D eigenvalue weighted by Crippen LogP contribution is 2.34. The molecule has 1 fully saturated rings. The highest BCUT2D eigenvalue weighted by Gasteiger charge is 2.39. The number of aryl methyl sites for hydroxylation is 2. The minimum atomic E-state index is -1.26. The van der Waals surface area contributed by atoms with Gasteiger partial charge in [0.2, 0.25) is 0 Å². The summed E-state index contributed by atoms with van der Waals surface area (Å²) in [5.74, 6) is 1.30. The van der Waals surface area contributed by atoms with Gasteiger partial charge in [-0.05, 0) is 61.4 Å². The van der Waals surface area contributed by atoms with Gasteiger partial charge < -0.3 is 19.5 Å². The Morgan fingerprint density at radius 2 is 2.14 bits per heavy atom. The lowest BCUT2D eigenvalue weighted by atomic mass is 9.94. The fraction of sp³-hybridized carbons (Fsp3) is 0.571. The predicted molar refractivity (Wildman–Crippen MR) is 137 cm³/mol. The first kappa shape index (κ1) is 26.4. The molecular weight excluding hydrogens is 461 g/mol. The molecule has 2 aliphatic heterocycles. The van der Waals surface area contributed by atoms with Crippen LogP contribution in [0, 0.1) is 0 Å². The van der Waals surface area contributed by atoms with Crippen molar-refractivity contribution in [2.75, 3.05) is 58.9 Å². The molecule has 4 rings (SSSR count). The van der Waals surface area contributed by atoms with Crippen LogP contribution in [-0.2, 0) is 27.1 Å². The molecule has 3 heterocycles. The van der Waals surface area contributed by atoms with Gasteiger partial charge in [-0.2, -0.15) is 0 Å². The lowest BCUT2D eigenvalue weighted by Crippen LogP contribution is -2.33. The topological polar surface area (TPSA) is 72.9 Å². The molecule has 0 bridgehead atoms. The average Bonchev–Trinajstić information content (AvgIpc) is 3.28. The second-order valence-electron chi connectivity index (χ2n) is 9.87. The van der Waals surface area contributed by atoms with E-state index in [0.717, 1.165) is 42.2 Å². The van der Waals surface area contributed by atoms with E-state index in [4.69, 9.17) is 19.2 Å². The van der Waals surface area contributed by atoms with Crippen molar-refractivity contribution < 1.29 is 23.4 Å². The van der Waals surface area contributed by atoms with Crippen molar-refractivity contribution in [1.82, 2.24) is 9.88 Å². The van der Waals surface area contributed by atoms with E-state index in [1.807, 2.05) is 30.3 Å². The smallest absolute Gasteiger partial charge is 0.306 e. The zero-order valence-electron chi connectivity index (χ0n) is 21.4. The van der Waals surface area contributed by atoms with Gasteiger partial charge in [-0.1, -0.05) is 18.2 Å². The van der Waals surface area contributed by atoms with Crippen molar-refractivity contribution in [2.45, 2.75) is 50.1 Å². The summed E-state index contributed by atoms with van der Waals surface area (Å²) in [6.45, 7) is 3.51. The number of carbonyl (C=O) groups excluding carboxylic acids is 1. The molecule has 0 aliphatic carbocycles. The number of anilines is 1. The number of benzene rings is 1. The zero-order valence-corrected chi connectivity index (χ0v) is 21.4. The number of halogens is 1. The number of aromatic nitrogens is 1.